The molecule has 0 aliphatic heterocycles. The molecule has 0 radical (unpaired) electrons. The lowest BCUT2D eigenvalue weighted by atomic mass is 10.2. The second-order valence-electron chi connectivity index (χ2n) is 5.23. The molecule has 3 aromatic rings. The number of imidazole rings is 1. The van der Waals surface area contributed by atoms with Gasteiger partial charge in [0.2, 0.25) is 11.7 Å². The number of aromatic amines is 1. The number of ether oxygens (including phenoxy) is 1. The molecule has 0 unspecified atom stereocenters. The maximum atomic E-state index is 6.13. The van der Waals surface area contributed by atoms with E-state index in [1.165, 1.54) is 0 Å². The van der Waals surface area contributed by atoms with Crippen LogP contribution in [0.25, 0.3) is 11.4 Å². The average Bonchev–Trinajstić information content (AvgIpc) is 2.96. The number of para-hydroxylation sites is 1. The van der Waals surface area contributed by atoms with Crippen molar-refractivity contribution in [1.82, 2.24) is 20.1 Å². The smallest absolute Gasteiger partial charge is 0.230 e. The molecule has 4 rings (SSSR count). The number of rotatable bonds is 4. The third kappa shape index (κ3) is 2.16. The van der Waals surface area contributed by atoms with Gasteiger partial charge in [0.15, 0.2) is 0 Å². The van der Waals surface area contributed by atoms with E-state index in [4.69, 9.17) is 20.9 Å². The highest BCUT2D eigenvalue weighted by Crippen LogP contribution is 2.53. The van der Waals surface area contributed by atoms with Gasteiger partial charge in [-0.25, -0.2) is 4.98 Å². The maximum absolute atomic E-state index is 6.13. The largest absolute Gasteiger partial charge is 0.494 e. The molecular weight excluding hydrogens is 304 g/mol. The van der Waals surface area contributed by atoms with E-state index < -0.39 is 0 Å². The SMILES string of the molecule is COc1c(Cl)cccc1-c1noc([C@@H]2C[C@H]2c2cnc[nH]2)n1. The molecule has 0 amide bonds. The fourth-order valence-corrected chi connectivity index (χ4v) is 2.92. The lowest BCUT2D eigenvalue weighted by molar-refractivity contribution is 0.377. The van der Waals surface area contributed by atoms with E-state index in [9.17, 15) is 0 Å². The molecule has 6 nitrogen and oxygen atoms in total. The zero-order chi connectivity index (χ0) is 15.1. The van der Waals surface area contributed by atoms with Gasteiger partial charge in [-0.3, -0.25) is 0 Å². The molecule has 2 atom stereocenters. The van der Waals surface area contributed by atoms with Gasteiger partial charge in [0, 0.05) is 23.7 Å². The number of hydrogen-bond acceptors (Lipinski definition) is 5. The number of aromatic nitrogens is 4. The van der Waals surface area contributed by atoms with Crippen LogP contribution >= 0.6 is 11.6 Å². The average molecular weight is 317 g/mol. The predicted molar refractivity (Wildman–Crippen MR) is 80.0 cm³/mol. The zero-order valence-corrected chi connectivity index (χ0v) is 12.5. The summed E-state index contributed by atoms with van der Waals surface area (Å²) in [6.07, 6.45) is 4.50. The van der Waals surface area contributed by atoms with Crippen LogP contribution in [0.15, 0.2) is 35.2 Å². The third-order valence-corrected chi connectivity index (χ3v) is 4.18. The number of H-pyrrole nitrogens is 1. The molecule has 1 saturated carbocycles. The summed E-state index contributed by atoms with van der Waals surface area (Å²) in [5.74, 6) is 2.29. The minimum Gasteiger partial charge on any atom is -0.494 e. The number of benzene rings is 1. The topological polar surface area (TPSA) is 76.8 Å². The van der Waals surface area contributed by atoms with Crippen LogP contribution in [0, 0.1) is 0 Å². The number of halogens is 1. The molecule has 0 spiro atoms. The monoisotopic (exact) mass is 316 g/mol. The molecule has 22 heavy (non-hydrogen) atoms. The van der Waals surface area contributed by atoms with Crippen LogP contribution in [0.2, 0.25) is 5.02 Å². The Morgan fingerprint density at radius 3 is 3.05 bits per heavy atom. The highest BCUT2D eigenvalue weighted by molar-refractivity contribution is 6.32. The van der Waals surface area contributed by atoms with Crippen LogP contribution < -0.4 is 4.74 Å². The molecule has 1 aliphatic rings. The van der Waals surface area contributed by atoms with Crippen molar-refractivity contribution in [1.29, 1.82) is 0 Å². The first-order valence-electron chi connectivity index (χ1n) is 6.92. The number of hydrogen-bond donors (Lipinski definition) is 1. The van der Waals surface area contributed by atoms with E-state index in [1.807, 2.05) is 18.3 Å². The Kier molecular flexibility index (Phi) is 3.11. The van der Waals surface area contributed by atoms with Gasteiger partial charge in [-0.2, -0.15) is 4.98 Å². The highest BCUT2D eigenvalue weighted by atomic mass is 35.5. The van der Waals surface area contributed by atoms with E-state index >= 15 is 0 Å². The van der Waals surface area contributed by atoms with Crippen LogP contribution in [0.4, 0.5) is 0 Å². The summed E-state index contributed by atoms with van der Waals surface area (Å²) in [4.78, 5) is 11.7. The normalized spacial score (nSPS) is 20.1. The minimum atomic E-state index is 0.242. The highest BCUT2D eigenvalue weighted by Gasteiger charge is 2.44. The van der Waals surface area contributed by atoms with E-state index in [-0.39, 0.29) is 5.92 Å². The Balaban J connectivity index is 1.62. The standard InChI is InChI=1S/C15H13ClN4O2/c1-21-13-8(3-2-4-11(13)16)14-19-15(22-20-14)10-5-9(10)12-6-17-7-18-12/h2-4,6-7,9-10H,5H2,1H3,(H,17,18)/t9-,10-/m1/s1. The molecule has 7 heteroatoms. The molecule has 2 aromatic heterocycles. The second-order valence-corrected chi connectivity index (χ2v) is 5.64. The van der Waals surface area contributed by atoms with Gasteiger partial charge >= 0.3 is 0 Å². The minimum absolute atomic E-state index is 0.242. The Morgan fingerprint density at radius 1 is 1.36 bits per heavy atom. The molecule has 1 fully saturated rings. The molecule has 0 saturated heterocycles. The van der Waals surface area contributed by atoms with E-state index in [0.717, 1.165) is 17.7 Å². The van der Waals surface area contributed by atoms with Crippen molar-refractivity contribution in [2.45, 2.75) is 18.3 Å². The van der Waals surface area contributed by atoms with Crippen molar-refractivity contribution in [3.05, 3.63) is 47.3 Å². The molecule has 0 bridgehead atoms. The van der Waals surface area contributed by atoms with Crippen LogP contribution in [0.1, 0.15) is 29.8 Å². The predicted octanol–water partition coefficient (Wildman–Crippen LogP) is 3.39. The van der Waals surface area contributed by atoms with E-state index in [1.54, 1.807) is 19.5 Å². The fraction of sp³-hybridized carbons (Fsp3) is 0.267. The number of nitrogens with zero attached hydrogens (tertiary/aromatic N) is 3. The molecular formula is C15H13ClN4O2. The Bertz CT molecular complexity index is 800. The summed E-state index contributed by atoms with van der Waals surface area (Å²) in [6, 6.07) is 5.46. The Hall–Kier alpha value is -2.34. The molecule has 112 valence electrons. The van der Waals surface area contributed by atoms with Crippen LogP contribution in [0.5, 0.6) is 5.75 Å². The van der Waals surface area contributed by atoms with Crippen LogP contribution in [-0.4, -0.2) is 27.2 Å². The molecule has 2 heterocycles. The maximum Gasteiger partial charge on any atom is 0.230 e. The van der Waals surface area contributed by atoms with Gasteiger partial charge in [-0.1, -0.05) is 22.8 Å². The van der Waals surface area contributed by atoms with Gasteiger partial charge in [0.05, 0.1) is 24.0 Å². The first-order chi connectivity index (χ1) is 10.8. The summed E-state index contributed by atoms with van der Waals surface area (Å²) in [6.45, 7) is 0. The van der Waals surface area contributed by atoms with Crippen molar-refractivity contribution in [2.24, 2.45) is 0 Å². The Morgan fingerprint density at radius 2 is 2.27 bits per heavy atom. The molecule has 1 aromatic carbocycles. The van der Waals surface area contributed by atoms with Gasteiger partial charge in [0.1, 0.15) is 5.75 Å². The lowest BCUT2D eigenvalue weighted by Crippen LogP contribution is -1.91. The van der Waals surface area contributed by atoms with Crippen molar-refractivity contribution >= 4 is 11.6 Å². The van der Waals surface area contributed by atoms with Crippen LogP contribution in [-0.2, 0) is 0 Å². The van der Waals surface area contributed by atoms with Crippen molar-refractivity contribution in [3.63, 3.8) is 0 Å². The summed E-state index contributed by atoms with van der Waals surface area (Å²) in [5.41, 5.74) is 1.83. The lowest BCUT2D eigenvalue weighted by Gasteiger charge is -2.06. The summed E-state index contributed by atoms with van der Waals surface area (Å²) < 4.78 is 10.7. The van der Waals surface area contributed by atoms with Crippen molar-refractivity contribution < 1.29 is 9.26 Å². The fourth-order valence-electron chi connectivity index (χ4n) is 2.67. The van der Waals surface area contributed by atoms with Gasteiger partial charge in [-0.05, 0) is 18.6 Å². The third-order valence-electron chi connectivity index (χ3n) is 3.88. The summed E-state index contributed by atoms with van der Waals surface area (Å²) in [5, 5.41) is 4.58. The summed E-state index contributed by atoms with van der Waals surface area (Å²) >= 11 is 6.13. The second kappa shape index (κ2) is 5.14. The molecule has 1 N–H and O–H groups in total. The van der Waals surface area contributed by atoms with Crippen LogP contribution in [0.3, 0.4) is 0 Å². The quantitative estimate of drug-likeness (QED) is 0.798. The molecule has 1 aliphatic carbocycles. The van der Waals surface area contributed by atoms with E-state index in [0.29, 0.717) is 28.4 Å². The summed E-state index contributed by atoms with van der Waals surface area (Å²) in [7, 11) is 1.57. The number of nitrogens with one attached hydrogen (secondary N) is 1. The van der Waals surface area contributed by atoms with Gasteiger partial charge in [0.25, 0.3) is 0 Å². The van der Waals surface area contributed by atoms with Crippen molar-refractivity contribution in [3.8, 4) is 17.1 Å². The van der Waals surface area contributed by atoms with Gasteiger partial charge < -0.3 is 14.2 Å². The van der Waals surface area contributed by atoms with E-state index in [2.05, 4.69) is 20.1 Å². The van der Waals surface area contributed by atoms with Gasteiger partial charge in [-0.15, -0.1) is 0 Å². The number of methoxy groups -OCH3 is 1. The van der Waals surface area contributed by atoms with Crippen molar-refractivity contribution in [2.75, 3.05) is 7.11 Å². The first kappa shape index (κ1) is 13.3. The first-order valence-corrected chi connectivity index (χ1v) is 7.30. The Labute approximate surface area is 131 Å². The zero-order valence-electron chi connectivity index (χ0n) is 11.8.